The zero-order chi connectivity index (χ0) is 11.7. The van der Waals surface area contributed by atoms with E-state index in [1.165, 1.54) is 12.5 Å². The lowest BCUT2D eigenvalue weighted by molar-refractivity contribution is 0.112. The Morgan fingerprint density at radius 1 is 1.56 bits per heavy atom. The summed E-state index contributed by atoms with van der Waals surface area (Å²) in [5, 5.41) is 0. The maximum Gasteiger partial charge on any atom is 0.152 e. The zero-order valence-electron chi connectivity index (χ0n) is 9.61. The molecule has 1 aromatic rings. The van der Waals surface area contributed by atoms with Gasteiger partial charge >= 0.3 is 0 Å². The highest BCUT2D eigenvalue weighted by atomic mass is 19.1. The monoisotopic (exact) mass is 221 g/mol. The molecule has 1 saturated carbocycles. The summed E-state index contributed by atoms with van der Waals surface area (Å²) in [7, 11) is 1.84. The van der Waals surface area contributed by atoms with E-state index in [9.17, 15) is 9.18 Å². The fourth-order valence-electron chi connectivity index (χ4n) is 2.13. The molecule has 2 unspecified atom stereocenters. The van der Waals surface area contributed by atoms with E-state index in [2.05, 4.69) is 6.92 Å². The molecule has 0 aromatic heterocycles. The van der Waals surface area contributed by atoms with Crippen LogP contribution in [0.4, 0.5) is 10.1 Å². The number of carbonyl (C=O) groups excluding carboxylic acids is 1. The second-order valence-electron chi connectivity index (χ2n) is 4.65. The maximum atomic E-state index is 13.7. The van der Waals surface area contributed by atoms with Gasteiger partial charge in [0, 0.05) is 19.2 Å². The summed E-state index contributed by atoms with van der Waals surface area (Å²) in [6, 6.07) is 4.61. The van der Waals surface area contributed by atoms with Gasteiger partial charge in [-0.1, -0.05) is 13.0 Å². The zero-order valence-corrected chi connectivity index (χ0v) is 9.61. The molecule has 2 rings (SSSR count). The van der Waals surface area contributed by atoms with E-state index in [-0.39, 0.29) is 5.82 Å². The van der Waals surface area contributed by atoms with Crippen LogP contribution in [0.1, 0.15) is 23.7 Å². The Morgan fingerprint density at radius 2 is 2.25 bits per heavy atom. The number of rotatable bonds is 4. The van der Waals surface area contributed by atoms with Crippen molar-refractivity contribution in [1.82, 2.24) is 0 Å². The van der Waals surface area contributed by atoms with Crippen LogP contribution in [0, 0.1) is 17.7 Å². The molecule has 0 bridgehead atoms. The number of hydrogen-bond donors (Lipinski definition) is 0. The van der Waals surface area contributed by atoms with Gasteiger partial charge in [-0.25, -0.2) is 4.39 Å². The quantitative estimate of drug-likeness (QED) is 0.729. The Hall–Kier alpha value is -1.38. The highest BCUT2D eigenvalue weighted by Crippen LogP contribution is 2.39. The van der Waals surface area contributed by atoms with Crippen molar-refractivity contribution in [2.45, 2.75) is 13.3 Å². The van der Waals surface area contributed by atoms with Crippen LogP contribution >= 0.6 is 0 Å². The molecule has 1 aliphatic rings. The minimum absolute atomic E-state index is 0.319. The minimum Gasteiger partial charge on any atom is -0.371 e. The van der Waals surface area contributed by atoms with Gasteiger partial charge in [-0.3, -0.25) is 4.79 Å². The van der Waals surface area contributed by atoms with Crippen LogP contribution in [0.15, 0.2) is 18.2 Å². The van der Waals surface area contributed by atoms with Crippen molar-refractivity contribution in [3.05, 3.63) is 29.6 Å². The molecule has 2 atom stereocenters. The standard InChI is InChI=1S/C13H16FNO/c1-9-6-11(9)7-15(2)13-10(8-16)4-3-5-12(13)14/h3-5,8-9,11H,6-7H2,1-2H3. The molecule has 1 fully saturated rings. The third-order valence-electron chi connectivity index (χ3n) is 3.31. The Labute approximate surface area is 95.1 Å². The highest BCUT2D eigenvalue weighted by Gasteiger charge is 2.33. The number of benzene rings is 1. The third-order valence-corrected chi connectivity index (χ3v) is 3.31. The molecule has 1 aliphatic carbocycles. The van der Waals surface area contributed by atoms with E-state index in [1.54, 1.807) is 12.1 Å². The molecule has 0 saturated heterocycles. The molecule has 16 heavy (non-hydrogen) atoms. The number of carbonyl (C=O) groups is 1. The Morgan fingerprint density at radius 3 is 2.81 bits per heavy atom. The number of para-hydroxylation sites is 1. The molecular weight excluding hydrogens is 205 g/mol. The van der Waals surface area contributed by atoms with E-state index >= 15 is 0 Å². The molecule has 0 spiro atoms. The van der Waals surface area contributed by atoms with Crippen LogP contribution < -0.4 is 4.90 Å². The van der Waals surface area contributed by atoms with Crippen LogP contribution in [0.2, 0.25) is 0 Å². The number of hydrogen-bond acceptors (Lipinski definition) is 2. The van der Waals surface area contributed by atoms with Crippen molar-refractivity contribution < 1.29 is 9.18 Å². The first-order valence-corrected chi connectivity index (χ1v) is 5.58. The predicted molar refractivity (Wildman–Crippen MR) is 62.3 cm³/mol. The molecule has 0 radical (unpaired) electrons. The van der Waals surface area contributed by atoms with Crippen LogP contribution in [0.3, 0.4) is 0 Å². The number of halogens is 1. The molecule has 3 heteroatoms. The van der Waals surface area contributed by atoms with E-state index in [0.717, 1.165) is 12.5 Å². The number of anilines is 1. The summed E-state index contributed by atoms with van der Waals surface area (Å²) in [6.07, 6.45) is 1.92. The lowest BCUT2D eigenvalue weighted by Gasteiger charge is -2.21. The Kier molecular flexibility index (Phi) is 2.95. The lowest BCUT2D eigenvalue weighted by Crippen LogP contribution is -2.23. The summed E-state index contributed by atoms with van der Waals surface area (Å²) in [5.74, 6) is 1.05. The first kappa shape index (κ1) is 11.1. The van der Waals surface area contributed by atoms with Crippen LogP contribution in [0.5, 0.6) is 0 Å². The summed E-state index contributed by atoms with van der Waals surface area (Å²) >= 11 is 0. The third kappa shape index (κ3) is 2.08. The molecule has 0 N–H and O–H groups in total. The van der Waals surface area contributed by atoms with Crippen molar-refractivity contribution >= 4 is 12.0 Å². The van der Waals surface area contributed by atoms with E-state index in [4.69, 9.17) is 0 Å². The average Bonchev–Trinajstić information content (AvgIpc) is 2.93. The number of aldehydes is 1. The van der Waals surface area contributed by atoms with Crippen LogP contribution in [-0.4, -0.2) is 19.9 Å². The van der Waals surface area contributed by atoms with Gasteiger partial charge in [0.1, 0.15) is 5.82 Å². The van der Waals surface area contributed by atoms with Gasteiger partial charge in [0.2, 0.25) is 0 Å². The summed E-state index contributed by atoms with van der Waals surface area (Å²) < 4.78 is 13.7. The SMILES string of the molecule is CC1CC1CN(C)c1c(F)cccc1C=O. The predicted octanol–water partition coefficient (Wildman–Crippen LogP) is 2.73. The normalized spacial score (nSPS) is 22.9. The van der Waals surface area contributed by atoms with Gasteiger partial charge < -0.3 is 4.90 Å². The summed E-state index contributed by atoms with van der Waals surface area (Å²) in [4.78, 5) is 12.7. The molecule has 1 aromatic carbocycles. The van der Waals surface area contributed by atoms with Crippen LogP contribution in [-0.2, 0) is 0 Å². The highest BCUT2D eigenvalue weighted by molar-refractivity contribution is 5.84. The van der Waals surface area contributed by atoms with Gasteiger partial charge in [-0.2, -0.15) is 0 Å². The molecule has 0 amide bonds. The van der Waals surface area contributed by atoms with Crippen molar-refractivity contribution in [3.63, 3.8) is 0 Å². The van der Waals surface area contributed by atoms with Crippen molar-refractivity contribution in [1.29, 1.82) is 0 Å². The van der Waals surface area contributed by atoms with Gasteiger partial charge in [-0.05, 0) is 30.4 Å². The summed E-state index contributed by atoms with van der Waals surface area (Å²) in [5.41, 5.74) is 0.854. The second kappa shape index (κ2) is 4.24. The van der Waals surface area contributed by atoms with Crippen LogP contribution in [0.25, 0.3) is 0 Å². The van der Waals surface area contributed by atoms with Gasteiger partial charge in [0.15, 0.2) is 6.29 Å². The lowest BCUT2D eigenvalue weighted by atomic mass is 10.1. The van der Waals surface area contributed by atoms with Crippen molar-refractivity contribution in [2.24, 2.45) is 11.8 Å². The average molecular weight is 221 g/mol. The summed E-state index contributed by atoms with van der Waals surface area (Å²) in [6.45, 7) is 3.02. The largest absolute Gasteiger partial charge is 0.371 e. The van der Waals surface area contributed by atoms with E-state index in [1.807, 2.05) is 11.9 Å². The van der Waals surface area contributed by atoms with Crippen molar-refractivity contribution in [3.8, 4) is 0 Å². The maximum absolute atomic E-state index is 13.7. The fourth-order valence-corrected chi connectivity index (χ4v) is 2.13. The molecule has 0 aliphatic heterocycles. The fraction of sp³-hybridized carbons (Fsp3) is 0.462. The smallest absolute Gasteiger partial charge is 0.152 e. The minimum atomic E-state index is -0.319. The van der Waals surface area contributed by atoms with E-state index < -0.39 is 0 Å². The van der Waals surface area contributed by atoms with Gasteiger partial charge in [0.05, 0.1) is 5.69 Å². The topological polar surface area (TPSA) is 20.3 Å². The van der Waals surface area contributed by atoms with E-state index in [0.29, 0.717) is 23.5 Å². The Balaban J connectivity index is 2.20. The Bertz CT molecular complexity index is 405. The molecule has 2 nitrogen and oxygen atoms in total. The van der Waals surface area contributed by atoms with Crippen molar-refractivity contribution in [2.75, 3.05) is 18.5 Å². The molecule has 86 valence electrons. The second-order valence-corrected chi connectivity index (χ2v) is 4.65. The molecular formula is C13H16FNO. The molecule has 0 heterocycles. The number of nitrogens with zero attached hydrogens (tertiary/aromatic N) is 1. The first-order chi connectivity index (χ1) is 7.63. The van der Waals surface area contributed by atoms with Gasteiger partial charge in [0.25, 0.3) is 0 Å². The first-order valence-electron chi connectivity index (χ1n) is 5.58. The van der Waals surface area contributed by atoms with Gasteiger partial charge in [-0.15, -0.1) is 0 Å².